The molecule has 1 aliphatic rings. The molecule has 2 aromatic heterocycles. The standard InChI is InChI=1S/C25H26N6O3S/c1-15-5-4-6-16(2)24(15)22-12-23(34-18-9-7-17(8-10-18)20-11-21(20)26)29-25(28-22)30-35(32,33)19-13-27-31(3)14-19/h4-10,12-14,20-21H,11,26H2,1-3H3,(H,28,29,30). The van der Waals surface area contributed by atoms with Gasteiger partial charge in [0.25, 0.3) is 10.0 Å². The fourth-order valence-corrected chi connectivity index (χ4v) is 5.01. The van der Waals surface area contributed by atoms with Crippen LogP contribution in [0.25, 0.3) is 11.3 Å². The zero-order chi connectivity index (χ0) is 24.7. The average Bonchev–Trinajstić information content (AvgIpc) is 3.35. The smallest absolute Gasteiger partial charge is 0.267 e. The first-order valence-electron chi connectivity index (χ1n) is 11.2. The molecule has 2 aromatic carbocycles. The molecule has 0 radical (unpaired) electrons. The fourth-order valence-electron chi connectivity index (χ4n) is 4.09. The van der Waals surface area contributed by atoms with E-state index in [4.69, 9.17) is 10.5 Å². The van der Waals surface area contributed by atoms with Crippen LogP contribution in [-0.2, 0) is 17.1 Å². The number of ether oxygens (including phenoxy) is 1. The minimum absolute atomic E-state index is 0.0115. The molecular formula is C25H26N6O3S. The van der Waals surface area contributed by atoms with Gasteiger partial charge in [-0.05, 0) is 49.1 Å². The van der Waals surface area contributed by atoms with Crippen molar-refractivity contribution in [2.75, 3.05) is 4.72 Å². The Labute approximate surface area is 204 Å². The molecule has 180 valence electrons. The summed E-state index contributed by atoms with van der Waals surface area (Å²) in [5.74, 6) is 1.10. The molecule has 4 aromatic rings. The largest absolute Gasteiger partial charge is 0.439 e. The molecule has 1 saturated carbocycles. The van der Waals surface area contributed by atoms with E-state index in [-0.39, 0.29) is 22.8 Å². The molecule has 9 nitrogen and oxygen atoms in total. The second kappa shape index (κ2) is 8.79. The van der Waals surface area contributed by atoms with Gasteiger partial charge in [0.05, 0.1) is 11.9 Å². The van der Waals surface area contributed by atoms with Gasteiger partial charge in [0.1, 0.15) is 10.6 Å². The van der Waals surface area contributed by atoms with E-state index in [1.165, 1.54) is 22.6 Å². The van der Waals surface area contributed by atoms with Crippen LogP contribution < -0.4 is 15.2 Å². The zero-order valence-corrected chi connectivity index (χ0v) is 20.5. The highest BCUT2D eigenvalue weighted by Crippen LogP contribution is 2.39. The van der Waals surface area contributed by atoms with E-state index in [1.807, 2.05) is 56.3 Å². The highest BCUT2D eigenvalue weighted by molar-refractivity contribution is 7.92. The van der Waals surface area contributed by atoms with Crippen LogP contribution in [0.1, 0.15) is 29.0 Å². The van der Waals surface area contributed by atoms with Gasteiger partial charge in [0, 0.05) is 36.8 Å². The van der Waals surface area contributed by atoms with Gasteiger partial charge in [-0.15, -0.1) is 0 Å². The Morgan fingerprint density at radius 2 is 1.77 bits per heavy atom. The quantitative estimate of drug-likeness (QED) is 0.402. The monoisotopic (exact) mass is 490 g/mol. The minimum atomic E-state index is -3.94. The highest BCUT2D eigenvalue weighted by atomic mass is 32.2. The molecule has 2 heterocycles. The normalized spacial score (nSPS) is 17.3. The molecule has 0 saturated heterocycles. The van der Waals surface area contributed by atoms with Gasteiger partial charge in [-0.1, -0.05) is 30.3 Å². The van der Waals surface area contributed by atoms with Crippen molar-refractivity contribution in [3.8, 4) is 22.9 Å². The number of aryl methyl sites for hydroxylation is 3. The van der Waals surface area contributed by atoms with Crippen molar-refractivity contribution in [3.05, 3.63) is 77.6 Å². The number of hydrogen-bond donors (Lipinski definition) is 2. The van der Waals surface area contributed by atoms with Crippen LogP contribution in [0.2, 0.25) is 0 Å². The van der Waals surface area contributed by atoms with Crippen molar-refractivity contribution in [1.29, 1.82) is 0 Å². The molecule has 2 atom stereocenters. The number of sulfonamides is 1. The lowest BCUT2D eigenvalue weighted by molar-refractivity contribution is 0.462. The molecule has 0 amide bonds. The van der Waals surface area contributed by atoms with Crippen LogP contribution >= 0.6 is 0 Å². The number of hydrogen-bond acceptors (Lipinski definition) is 7. The Bertz CT molecular complexity index is 1480. The molecule has 0 bridgehead atoms. The summed E-state index contributed by atoms with van der Waals surface area (Å²) in [6.07, 6.45) is 3.66. The zero-order valence-electron chi connectivity index (χ0n) is 19.6. The van der Waals surface area contributed by atoms with Gasteiger partial charge in [-0.25, -0.2) is 18.1 Å². The van der Waals surface area contributed by atoms with E-state index in [0.717, 1.165) is 23.1 Å². The predicted octanol–water partition coefficient (Wildman–Crippen LogP) is 3.90. The van der Waals surface area contributed by atoms with E-state index in [9.17, 15) is 8.42 Å². The number of anilines is 1. The highest BCUT2D eigenvalue weighted by Gasteiger charge is 2.34. The Hall–Kier alpha value is -3.76. The van der Waals surface area contributed by atoms with Gasteiger partial charge >= 0.3 is 0 Å². The van der Waals surface area contributed by atoms with Gasteiger partial charge in [0.2, 0.25) is 11.8 Å². The lowest BCUT2D eigenvalue weighted by atomic mass is 10.00. The van der Waals surface area contributed by atoms with E-state index < -0.39 is 10.0 Å². The van der Waals surface area contributed by atoms with Gasteiger partial charge in [-0.3, -0.25) is 4.68 Å². The maximum Gasteiger partial charge on any atom is 0.267 e. The Kier molecular flexibility index (Phi) is 5.78. The van der Waals surface area contributed by atoms with Gasteiger partial charge in [0.15, 0.2) is 0 Å². The summed E-state index contributed by atoms with van der Waals surface area (Å²) in [4.78, 5) is 8.87. The van der Waals surface area contributed by atoms with E-state index in [0.29, 0.717) is 17.4 Å². The second-order valence-corrected chi connectivity index (χ2v) is 10.5. The number of nitrogens with two attached hydrogens (primary N) is 1. The summed E-state index contributed by atoms with van der Waals surface area (Å²) in [6, 6.07) is 15.6. The van der Waals surface area contributed by atoms with E-state index >= 15 is 0 Å². The Morgan fingerprint density at radius 1 is 1.09 bits per heavy atom. The molecule has 35 heavy (non-hydrogen) atoms. The topological polar surface area (TPSA) is 125 Å². The average molecular weight is 491 g/mol. The third-order valence-corrected chi connectivity index (χ3v) is 7.31. The Morgan fingerprint density at radius 3 is 2.37 bits per heavy atom. The summed E-state index contributed by atoms with van der Waals surface area (Å²) in [5.41, 5.74) is 10.6. The summed E-state index contributed by atoms with van der Waals surface area (Å²) in [5, 5.41) is 3.94. The van der Waals surface area contributed by atoms with Gasteiger partial charge < -0.3 is 10.5 Å². The molecular weight excluding hydrogens is 464 g/mol. The van der Waals surface area contributed by atoms with Crippen LogP contribution in [-0.4, -0.2) is 34.2 Å². The maximum absolute atomic E-state index is 12.9. The first-order chi connectivity index (χ1) is 16.7. The van der Waals surface area contributed by atoms with Crippen LogP contribution in [0.3, 0.4) is 0 Å². The maximum atomic E-state index is 12.9. The SMILES string of the molecule is Cc1cccc(C)c1-c1cc(Oc2ccc(C3CC3N)cc2)nc(NS(=O)(=O)c2cnn(C)c2)n1. The first-order valence-corrected chi connectivity index (χ1v) is 12.7. The molecule has 0 spiro atoms. The molecule has 2 unspecified atom stereocenters. The predicted molar refractivity (Wildman–Crippen MR) is 133 cm³/mol. The summed E-state index contributed by atoms with van der Waals surface area (Å²) < 4.78 is 35.7. The lowest BCUT2D eigenvalue weighted by Crippen LogP contribution is -2.15. The van der Waals surface area contributed by atoms with Crippen LogP contribution in [0.4, 0.5) is 5.95 Å². The molecule has 0 aliphatic heterocycles. The molecule has 3 N–H and O–H groups in total. The van der Waals surface area contributed by atoms with Crippen molar-refractivity contribution < 1.29 is 13.2 Å². The number of nitrogens with zero attached hydrogens (tertiary/aromatic N) is 4. The second-order valence-electron chi connectivity index (χ2n) is 8.81. The third kappa shape index (κ3) is 4.89. The summed E-state index contributed by atoms with van der Waals surface area (Å²) in [7, 11) is -2.30. The fraction of sp³-hybridized carbons (Fsp3) is 0.240. The summed E-state index contributed by atoms with van der Waals surface area (Å²) in [6.45, 7) is 3.96. The van der Waals surface area contributed by atoms with Crippen molar-refractivity contribution >= 4 is 16.0 Å². The van der Waals surface area contributed by atoms with Gasteiger partial charge in [-0.2, -0.15) is 10.1 Å². The molecule has 5 rings (SSSR count). The first kappa shape index (κ1) is 23.0. The van der Waals surface area contributed by atoms with Crippen molar-refractivity contribution in [2.45, 2.75) is 37.1 Å². The van der Waals surface area contributed by atoms with Crippen molar-refractivity contribution in [3.63, 3.8) is 0 Å². The summed E-state index contributed by atoms with van der Waals surface area (Å²) >= 11 is 0. The third-order valence-electron chi connectivity index (χ3n) is 6.03. The Balaban J connectivity index is 1.52. The van der Waals surface area contributed by atoms with Crippen LogP contribution in [0.15, 0.2) is 65.8 Å². The van der Waals surface area contributed by atoms with Crippen molar-refractivity contribution in [1.82, 2.24) is 19.7 Å². The lowest BCUT2D eigenvalue weighted by Gasteiger charge is -2.13. The van der Waals surface area contributed by atoms with Crippen molar-refractivity contribution in [2.24, 2.45) is 12.8 Å². The van der Waals surface area contributed by atoms with Crippen LogP contribution in [0.5, 0.6) is 11.6 Å². The molecule has 1 fully saturated rings. The molecule has 1 aliphatic carbocycles. The molecule has 10 heteroatoms. The minimum Gasteiger partial charge on any atom is -0.439 e. The number of benzene rings is 2. The van der Waals surface area contributed by atoms with Crippen LogP contribution in [0, 0.1) is 13.8 Å². The van der Waals surface area contributed by atoms with E-state index in [2.05, 4.69) is 19.8 Å². The number of aromatic nitrogens is 4. The number of rotatable bonds is 7. The number of nitrogens with one attached hydrogen (secondary N) is 1. The van der Waals surface area contributed by atoms with E-state index in [1.54, 1.807) is 13.1 Å².